The van der Waals surface area contributed by atoms with E-state index < -0.39 is 5.41 Å². The lowest BCUT2D eigenvalue weighted by Crippen LogP contribution is -2.50. The molecule has 1 aromatic rings. The summed E-state index contributed by atoms with van der Waals surface area (Å²) < 4.78 is 10.8. The maximum Gasteiger partial charge on any atom is 0.248 e. The van der Waals surface area contributed by atoms with Crippen LogP contribution in [0.15, 0.2) is 4.52 Å². The van der Waals surface area contributed by atoms with E-state index in [1.807, 2.05) is 6.92 Å². The van der Waals surface area contributed by atoms with Crippen molar-refractivity contribution in [1.29, 1.82) is 0 Å². The Hall–Kier alpha value is -1.47. The van der Waals surface area contributed by atoms with Gasteiger partial charge in [-0.3, -0.25) is 4.79 Å². The topological polar surface area (TPSA) is 89.3 Å². The number of carbonyl (C=O) groups is 1. The fourth-order valence-electron chi connectivity index (χ4n) is 3.98. The lowest BCUT2D eigenvalue weighted by molar-refractivity contribution is -0.137. The Morgan fingerprint density at radius 1 is 1.36 bits per heavy atom. The third kappa shape index (κ3) is 4.20. The average Bonchev–Trinajstić information content (AvgIpc) is 3.14. The number of ether oxygens (including phenoxy) is 1. The summed E-state index contributed by atoms with van der Waals surface area (Å²) in [5, 5.41) is 10.5. The lowest BCUT2D eigenvalue weighted by Gasteiger charge is -2.36. The van der Waals surface area contributed by atoms with E-state index >= 15 is 0 Å². The summed E-state index contributed by atoms with van der Waals surface area (Å²) in [6, 6.07) is -0.291. The molecule has 2 N–H and O–H groups in total. The Morgan fingerprint density at radius 2 is 2.08 bits per heavy atom. The number of hydrogen-bond acceptors (Lipinski definition) is 6. The highest BCUT2D eigenvalue weighted by Gasteiger charge is 2.40. The van der Waals surface area contributed by atoms with Gasteiger partial charge in [-0.15, -0.1) is 0 Å². The highest BCUT2D eigenvalue weighted by molar-refractivity contribution is 5.83. The van der Waals surface area contributed by atoms with Gasteiger partial charge in [-0.25, -0.2) is 0 Å². The number of rotatable bonds is 6. The van der Waals surface area contributed by atoms with Gasteiger partial charge in [0.15, 0.2) is 5.82 Å². The fourth-order valence-corrected chi connectivity index (χ4v) is 3.98. The molecular formula is C18H30N4O3. The molecule has 7 nitrogen and oxygen atoms in total. The van der Waals surface area contributed by atoms with Crippen molar-refractivity contribution < 1.29 is 14.1 Å². The maximum absolute atomic E-state index is 12.9. The molecule has 1 amide bonds. The standard InChI is InChI=1S/C18H30N4O3/c1-13(16-21-15(22-25-16)14-6-4-3-5-7-14)20-17(23)18(12-24-2)8-10-19-11-9-18/h13-14,19H,3-12H2,1-2H3,(H,20,23). The molecule has 1 saturated heterocycles. The second-order valence-electron chi connectivity index (χ2n) is 7.48. The van der Waals surface area contributed by atoms with E-state index in [1.165, 1.54) is 19.3 Å². The Labute approximate surface area is 149 Å². The molecule has 7 heteroatoms. The Morgan fingerprint density at radius 3 is 2.76 bits per heavy atom. The smallest absolute Gasteiger partial charge is 0.248 e. The van der Waals surface area contributed by atoms with Gasteiger partial charge in [0.25, 0.3) is 0 Å². The molecule has 0 radical (unpaired) electrons. The normalized spacial score (nSPS) is 22.5. The van der Waals surface area contributed by atoms with Gasteiger partial charge < -0.3 is 19.9 Å². The highest BCUT2D eigenvalue weighted by Crippen LogP contribution is 2.32. The second-order valence-corrected chi connectivity index (χ2v) is 7.48. The Bertz CT molecular complexity index is 557. The quantitative estimate of drug-likeness (QED) is 0.818. The summed E-state index contributed by atoms with van der Waals surface area (Å²) in [7, 11) is 1.65. The molecule has 0 aromatic carbocycles. The first-order chi connectivity index (χ1) is 12.1. The molecule has 2 aliphatic rings. The van der Waals surface area contributed by atoms with Gasteiger partial charge in [0.1, 0.15) is 6.04 Å². The predicted octanol–water partition coefficient (Wildman–Crippen LogP) is 2.31. The van der Waals surface area contributed by atoms with Crippen molar-refractivity contribution in [1.82, 2.24) is 20.8 Å². The minimum atomic E-state index is -0.472. The first-order valence-corrected chi connectivity index (χ1v) is 9.49. The van der Waals surface area contributed by atoms with Gasteiger partial charge in [-0.2, -0.15) is 4.98 Å². The van der Waals surface area contributed by atoms with Crippen LogP contribution in [0.1, 0.15) is 75.5 Å². The second kappa shape index (κ2) is 8.27. The molecule has 1 unspecified atom stereocenters. The van der Waals surface area contributed by atoms with E-state index in [0.717, 1.165) is 44.6 Å². The van der Waals surface area contributed by atoms with Gasteiger partial charge in [-0.1, -0.05) is 24.4 Å². The van der Waals surface area contributed by atoms with Gasteiger partial charge in [0.05, 0.1) is 12.0 Å². The Balaban J connectivity index is 1.63. The van der Waals surface area contributed by atoms with Crippen molar-refractivity contribution in [2.45, 2.75) is 63.8 Å². The molecule has 1 atom stereocenters. The van der Waals surface area contributed by atoms with Crippen LogP contribution in [0.3, 0.4) is 0 Å². The molecule has 0 bridgehead atoms. The van der Waals surface area contributed by atoms with Crippen LogP contribution < -0.4 is 10.6 Å². The van der Waals surface area contributed by atoms with Crippen LogP contribution in [-0.2, 0) is 9.53 Å². The molecule has 1 aliphatic carbocycles. The van der Waals surface area contributed by atoms with Crippen molar-refractivity contribution in [3.05, 3.63) is 11.7 Å². The van der Waals surface area contributed by atoms with E-state index in [0.29, 0.717) is 18.4 Å². The predicted molar refractivity (Wildman–Crippen MR) is 93.1 cm³/mol. The van der Waals surface area contributed by atoms with Gasteiger partial charge in [-0.05, 0) is 45.7 Å². The molecule has 0 spiro atoms. The van der Waals surface area contributed by atoms with Crippen LogP contribution in [0.4, 0.5) is 0 Å². The minimum Gasteiger partial charge on any atom is -0.384 e. The largest absolute Gasteiger partial charge is 0.384 e. The van der Waals surface area contributed by atoms with E-state index in [4.69, 9.17) is 9.26 Å². The van der Waals surface area contributed by atoms with Crippen molar-refractivity contribution in [3.63, 3.8) is 0 Å². The average molecular weight is 350 g/mol. The summed E-state index contributed by atoms with van der Waals surface area (Å²) in [6.45, 7) is 4.00. The number of hydrogen-bond donors (Lipinski definition) is 2. The summed E-state index contributed by atoms with van der Waals surface area (Å²) >= 11 is 0. The highest BCUT2D eigenvalue weighted by atomic mass is 16.5. The van der Waals surface area contributed by atoms with Gasteiger partial charge in [0, 0.05) is 13.0 Å². The number of nitrogens with one attached hydrogen (secondary N) is 2. The molecular weight excluding hydrogens is 320 g/mol. The molecule has 1 saturated carbocycles. The van der Waals surface area contributed by atoms with E-state index in [2.05, 4.69) is 20.8 Å². The summed E-state index contributed by atoms with van der Waals surface area (Å²) in [5.74, 6) is 1.71. The summed E-state index contributed by atoms with van der Waals surface area (Å²) in [6.07, 6.45) is 7.56. The van der Waals surface area contributed by atoms with Crippen molar-refractivity contribution in [2.24, 2.45) is 5.41 Å². The van der Waals surface area contributed by atoms with Crippen molar-refractivity contribution in [2.75, 3.05) is 26.8 Å². The summed E-state index contributed by atoms with van der Waals surface area (Å²) in [4.78, 5) is 17.5. The zero-order chi connectivity index (χ0) is 17.7. The molecule has 1 aromatic heterocycles. The van der Waals surface area contributed by atoms with Crippen molar-refractivity contribution in [3.8, 4) is 0 Å². The number of nitrogens with zero attached hydrogens (tertiary/aromatic N) is 2. The van der Waals surface area contributed by atoms with Crippen LogP contribution in [0.5, 0.6) is 0 Å². The van der Waals surface area contributed by atoms with Crippen LogP contribution in [0, 0.1) is 5.41 Å². The van der Waals surface area contributed by atoms with Crippen LogP contribution in [0.25, 0.3) is 0 Å². The number of carbonyl (C=O) groups excluding carboxylic acids is 1. The first kappa shape index (κ1) is 18.3. The number of piperidine rings is 1. The monoisotopic (exact) mass is 350 g/mol. The van der Waals surface area contributed by atoms with Crippen LogP contribution in [-0.4, -0.2) is 42.9 Å². The molecule has 2 heterocycles. The van der Waals surface area contributed by atoms with Gasteiger partial charge in [0.2, 0.25) is 11.8 Å². The maximum atomic E-state index is 12.9. The van der Waals surface area contributed by atoms with E-state index in [1.54, 1.807) is 7.11 Å². The molecule has 1 aliphatic heterocycles. The molecule has 2 fully saturated rings. The Kier molecular flexibility index (Phi) is 6.06. The zero-order valence-corrected chi connectivity index (χ0v) is 15.3. The van der Waals surface area contributed by atoms with Crippen molar-refractivity contribution >= 4 is 5.91 Å². The van der Waals surface area contributed by atoms with E-state index in [9.17, 15) is 4.79 Å². The minimum absolute atomic E-state index is 0.0146. The fraction of sp³-hybridized carbons (Fsp3) is 0.833. The van der Waals surface area contributed by atoms with Gasteiger partial charge >= 0.3 is 0 Å². The van der Waals surface area contributed by atoms with Crippen LogP contribution >= 0.6 is 0 Å². The van der Waals surface area contributed by atoms with E-state index in [-0.39, 0.29) is 11.9 Å². The SMILES string of the molecule is COCC1(C(=O)NC(C)c2nc(C3CCCCC3)no2)CCNCC1. The zero-order valence-electron chi connectivity index (χ0n) is 15.3. The number of aromatic nitrogens is 2. The molecule has 25 heavy (non-hydrogen) atoms. The lowest BCUT2D eigenvalue weighted by atomic mass is 9.78. The third-order valence-corrected chi connectivity index (χ3v) is 5.61. The van der Waals surface area contributed by atoms with Crippen LogP contribution in [0.2, 0.25) is 0 Å². The molecule has 3 rings (SSSR count). The number of methoxy groups -OCH3 is 1. The third-order valence-electron chi connectivity index (χ3n) is 5.61. The molecule has 140 valence electrons. The number of amides is 1. The summed E-state index contributed by atoms with van der Waals surface area (Å²) in [5.41, 5.74) is -0.472. The first-order valence-electron chi connectivity index (χ1n) is 9.49.